The monoisotopic (exact) mass is 434 g/mol. The number of aromatic amines is 1. The number of benzene rings is 2. The number of amides is 1. The van der Waals surface area contributed by atoms with Crippen molar-refractivity contribution in [3.8, 4) is 0 Å². The van der Waals surface area contributed by atoms with Gasteiger partial charge in [0.2, 0.25) is 0 Å². The molecule has 0 bridgehead atoms. The number of nitrogens with zero attached hydrogens (tertiary/aromatic N) is 3. The van der Waals surface area contributed by atoms with E-state index in [9.17, 15) is 9.59 Å². The van der Waals surface area contributed by atoms with Crippen molar-refractivity contribution in [3.05, 3.63) is 81.9 Å². The molecule has 1 saturated heterocycles. The number of hydrogen-bond donors (Lipinski definition) is 1. The van der Waals surface area contributed by atoms with Crippen molar-refractivity contribution < 1.29 is 9.59 Å². The fraction of sp³-hybridized carbons (Fsp3) is 0.333. The Hall–Kier alpha value is -2.99. The molecular formula is C24H23ClN4O2. The summed E-state index contributed by atoms with van der Waals surface area (Å²) in [6.45, 7) is 1.26. The van der Waals surface area contributed by atoms with Crippen LogP contribution in [0.5, 0.6) is 0 Å². The molecule has 2 fully saturated rings. The van der Waals surface area contributed by atoms with Crippen molar-refractivity contribution in [3.63, 3.8) is 0 Å². The van der Waals surface area contributed by atoms with Crippen molar-refractivity contribution in [2.75, 3.05) is 13.1 Å². The second-order valence-corrected chi connectivity index (χ2v) is 8.74. The Morgan fingerprint density at radius 3 is 2.26 bits per heavy atom. The number of H-pyrrole nitrogens is 1. The number of likely N-dealkylation sites (tertiary alicyclic amines) is 1. The van der Waals surface area contributed by atoms with Crippen LogP contribution in [0, 0.1) is 0 Å². The van der Waals surface area contributed by atoms with E-state index in [0.717, 1.165) is 24.5 Å². The van der Waals surface area contributed by atoms with Crippen molar-refractivity contribution in [1.82, 2.24) is 20.1 Å². The second-order valence-electron chi connectivity index (χ2n) is 8.30. The van der Waals surface area contributed by atoms with E-state index in [-0.39, 0.29) is 17.6 Å². The van der Waals surface area contributed by atoms with E-state index in [1.165, 1.54) is 12.8 Å². The van der Waals surface area contributed by atoms with E-state index < -0.39 is 0 Å². The van der Waals surface area contributed by atoms with Gasteiger partial charge in [-0.2, -0.15) is 5.10 Å². The number of aromatic nitrogens is 3. The lowest BCUT2D eigenvalue weighted by atomic mass is 9.94. The average Bonchev–Trinajstić information content (AvgIpc) is 3.55. The van der Waals surface area contributed by atoms with Gasteiger partial charge in [-0.05, 0) is 56.0 Å². The maximum atomic E-state index is 13.3. The Kier molecular flexibility index (Phi) is 5.32. The molecule has 31 heavy (non-hydrogen) atoms. The minimum atomic E-state index is -0.176. The molecule has 2 heterocycles. The zero-order valence-electron chi connectivity index (χ0n) is 17.1. The molecule has 6 nitrogen and oxygen atoms in total. The quantitative estimate of drug-likeness (QED) is 0.596. The predicted octanol–water partition coefficient (Wildman–Crippen LogP) is 4.59. The van der Waals surface area contributed by atoms with Gasteiger partial charge < -0.3 is 4.90 Å². The van der Waals surface area contributed by atoms with Gasteiger partial charge >= 0.3 is 0 Å². The number of piperidine rings is 1. The fourth-order valence-corrected chi connectivity index (χ4v) is 4.27. The molecule has 0 unspecified atom stereocenters. The van der Waals surface area contributed by atoms with E-state index in [1.54, 1.807) is 48.5 Å². The molecule has 3 aromatic rings. The summed E-state index contributed by atoms with van der Waals surface area (Å²) >= 11 is 5.94. The van der Waals surface area contributed by atoms with Crippen LogP contribution in [0.2, 0.25) is 5.02 Å². The molecular weight excluding hydrogens is 412 g/mol. The van der Waals surface area contributed by atoms with Crippen molar-refractivity contribution in [2.45, 2.75) is 37.5 Å². The first-order valence-corrected chi connectivity index (χ1v) is 11.1. The van der Waals surface area contributed by atoms with Crippen molar-refractivity contribution in [2.24, 2.45) is 0 Å². The van der Waals surface area contributed by atoms with Crippen LogP contribution in [0.15, 0.2) is 48.5 Å². The Labute approximate surface area is 185 Å². The highest BCUT2D eigenvalue weighted by Crippen LogP contribution is 2.38. The minimum absolute atomic E-state index is 0.104. The van der Waals surface area contributed by atoms with Crippen LogP contribution in [0.1, 0.15) is 75.4 Å². The number of rotatable bonds is 5. The fourth-order valence-electron chi connectivity index (χ4n) is 4.15. The zero-order chi connectivity index (χ0) is 21.4. The average molecular weight is 435 g/mol. The van der Waals surface area contributed by atoms with Crippen LogP contribution in [-0.2, 0) is 0 Å². The van der Waals surface area contributed by atoms with Gasteiger partial charge in [0, 0.05) is 41.1 Å². The summed E-state index contributed by atoms with van der Waals surface area (Å²) in [6.07, 6.45) is 4.02. The normalized spacial score (nSPS) is 17.0. The highest BCUT2D eigenvalue weighted by molar-refractivity contribution is 6.30. The summed E-state index contributed by atoms with van der Waals surface area (Å²) in [7, 11) is 0. The predicted molar refractivity (Wildman–Crippen MR) is 118 cm³/mol. The molecule has 0 atom stereocenters. The molecule has 1 amide bonds. The number of hydrogen-bond acceptors (Lipinski definition) is 4. The lowest BCUT2D eigenvalue weighted by Gasteiger charge is -2.31. The van der Waals surface area contributed by atoms with Crippen LogP contribution in [0.3, 0.4) is 0 Å². The molecule has 7 heteroatoms. The van der Waals surface area contributed by atoms with Gasteiger partial charge in [-0.1, -0.05) is 29.8 Å². The number of carbonyl (C=O) groups is 2. The smallest absolute Gasteiger partial charge is 0.254 e. The molecule has 158 valence electrons. The van der Waals surface area contributed by atoms with E-state index in [1.807, 2.05) is 4.90 Å². The summed E-state index contributed by atoms with van der Waals surface area (Å²) in [5, 5.41) is 8.03. The van der Waals surface area contributed by atoms with Crippen LogP contribution < -0.4 is 0 Å². The molecule has 1 aromatic heterocycles. The second kappa shape index (κ2) is 8.27. The maximum Gasteiger partial charge on any atom is 0.254 e. The third kappa shape index (κ3) is 4.12. The van der Waals surface area contributed by atoms with Gasteiger partial charge in [-0.15, -0.1) is 0 Å². The first-order chi connectivity index (χ1) is 15.1. The molecule has 1 N–H and O–H groups in total. The topological polar surface area (TPSA) is 79.0 Å². The van der Waals surface area contributed by atoms with Crippen molar-refractivity contribution in [1.29, 1.82) is 0 Å². The molecule has 0 radical (unpaired) electrons. The molecule has 1 saturated carbocycles. The van der Waals surface area contributed by atoms with E-state index in [2.05, 4.69) is 15.2 Å². The summed E-state index contributed by atoms with van der Waals surface area (Å²) in [5.41, 5.74) is 1.37. The third-order valence-electron chi connectivity index (χ3n) is 6.14. The zero-order valence-corrected chi connectivity index (χ0v) is 17.8. The molecule has 0 spiro atoms. The largest absolute Gasteiger partial charge is 0.339 e. The van der Waals surface area contributed by atoms with Gasteiger partial charge in [0.25, 0.3) is 5.91 Å². The van der Waals surface area contributed by atoms with E-state index in [0.29, 0.717) is 40.7 Å². The Morgan fingerprint density at radius 1 is 0.903 bits per heavy atom. The third-order valence-corrected chi connectivity index (χ3v) is 6.39. The van der Waals surface area contributed by atoms with E-state index in [4.69, 9.17) is 11.6 Å². The number of ketones is 1. The van der Waals surface area contributed by atoms with Crippen LogP contribution in [0.25, 0.3) is 0 Å². The van der Waals surface area contributed by atoms with Crippen LogP contribution >= 0.6 is 11.6 Å². The molecule has 2 aromatic carbocycles. The molecule has 2 aliphatic rings. The maximum absolute atomic E-state index is 13.3. The summed E-state index contributed by atoms with van der Waals surface area (Å²) < 4.78 is 0. The van der Waals surface area contributed by atoms with Gasteiger partial charge in [0.05, 0.1) is 5.56 Å². The highest BCUT2D eigenvalue weighted by Gasteiger charge is 2.31. The minimum Gasteiger partial charge on any atom is -0.339 e. The number of carbonyl (C=O) groups excluding carboxylic acids is 2. The van der Waals surface area contributed by atoms with E-state index >= 15 is 0 Å². The first kappa shape index (κ1) is 19.9. The SMILES string of the molecule is O=C(c1ccc(Cl)cc1)c1ccccc1C(=O)N1CCC(c2nc(C3CC3)n[nH]2)CC1. The van der Waals surface area contributed by atoms with Gasteiger partial charge in [0.1, 0.15) is 5.82 Å². The lowest BCUT2D eigenvalue weighted by molar-refractivity contribution is 0.0707. The Bertz CT molecular complexity index is 1110. The summed E-state index contributed by atoms with van der Waals surface area (Å²) in [4.78, 5) is 32.8. The van der Waals surface area contributed by atoms with Crippen molar-refractivity contribution >= 4 is 23.3 Å². The van der Waals surface area contributed by atoms with Gasteiger partial charge in [-0.25, -0.2) is 4.98 Å². The van der Waals surface area contributed by atoms with Gasteiger partial charge in [-0.3, -0.25) is 14.7 Å². The first-order valence-electron chi connectivity index (χ1n) is 10.7. The molecule has 1 aliphatic heterocycles. The molecule has 5 rings (SSSR count). The lowest BCUT2D eigenvalue weighted by Crippen LogP contribution is -2.38. The van der Waals surface area contributed by atoms with Crippen LogP contribution in [-0.4, -0.2) is 44.9 Å². The highest BCUT2D eigenvalue weighted by atomic mass is 35.5. The standard InChI is InChI=1S/C24H23ClN4O2/c25-18-9-7-15(8-10-18)21(30)19-3-1-2-4-20(19)24(31)29-13-11-17(12-14-29)23-26-22(27-28-23)16-5-6-16/h1-4,7-10,16-17H,5-6,11-14H2,(H,26,27,28). The Morgan fingerprint density at radius 2 is 1.58 bits per heavy atom. The number of halogens is 1. The molecule has 1 aliphatic carbocycles. The summed E-state index contributed by atoms with van der Waals surface area (Å²) in [5.74, 6) is 2.41. The summed E-state index contributed by atoms with van der Waals surface area (Å²) in [6, 6.07) is 13.8. The van der Waals surface area contributed by atoms with Crippen LogP contribution in [0.4, 0.5) is 0 Å². The van der Waals surface area contributed by atoms with Gasteiger partial charge in [0.15, 0.2) is 11.6 Å². The Balaban J connectivity index is 1.29. The number of nitrogens with one attached hydrogen (secondary N) is 1.